The van der Waals surface area contributed by atoms with Crippen LogP contribution in [0.4, 0.5) is 0 Å². The van der Waals surface area contributed by atoms with Crippen molar-refractivity contribution in [2.45, 2.75) is 32.2 Å². The van der Waals surface area contributed by atoms with E-state index in [9.17, 15) is 14.4 Å². The van der Waals surface area contributed by atoms with Gasteiger partial charge in [0.15, 0.2) is 12.0 Å². The highest BCUT2D eigenvalue weighted by molar-refractivity contribution is 5.97. The Kier molecular flexibility index (Phi) is 4.39. The molecule has 2 rings (SSSR count). The summed E-state index contributed by atoms with van der Waals surface area (Å²) in [6, 6.07) is 0. The van der Waals surface area contributed by atoms with Gasteiger partial charge in [0.1, 0.15) is 6.61 Å². The number of carbonyl (C=O) groups excluding carboxylic acids is 3. The molecule has 0 bridgehead atoms. The average molecular weight is 284 g/mol. The summed E-state index contributed by atoms with van der Waals surface area (Å²) in [6.45, 7) is 5.26. The third-order valence-electron chi connectivity index (χ3n) is 3.01. The molecule has 3 atom stereocenters. The van der Waals surface area contributed by atoms with E-state index in [2.05, 4.69) is 6.58 Å². The number of hydrogen-bond acceptors (Lipinski definition) is 7. The van der Waals surface area contributed by atoms with E-state index in [0.717, 1.165) is 6.42 Å². The predicted molar refractivity (Wildman–Crippen MR) is 64.2 cm³/mol. The van der Waals surface area contributed by atoms with Crippen molar-refractivity contribution in [1.29, 1.82) is 0 Å². The summed E-state index contributed by atoms with van der Waals surface area (Å²) in [5.74, 6) is -3.49. The molecule has 0 saturated carbocycles. The van der Waals surface area contributed by atoms with Gasteiger partial charge in [-0.2, -0.15) is 0 Å². The molecule has 2 fully saturated rings. The number of carbonyl (C=O) groups is 3. The second-order valence-electron chi connectivity index (χ2n) is 4.71. The molecule has 2 saturated heterocycles. The molecular formula is C13H16O7. The highest BCUT2D eigenvalue weighted by Crippen LogP contribution is 2.23. The minimum atomic E-state index is -1.26. The third-order valence-corrected chi connectivity index (χ3v) is 3.01. The molecule has 7 heteroatoms. The van der Waals surface area contributed by atoms with Gasteiger partial charge in [0, 0.05) is 12.0 Å². The third kappa shape index (κ3) is 3.16. The smallest absolute Gasteiger partial charge is 0.333 e. The number of ether oxygens (including phenoxy) is 4. The molecule has 20 heavy (non-hydrogen) atoms. The highest BCUT2D eigenvalue weighted by atomic mass is 16.7. The van der Waals surface area contributed by atoms with Crippen molar-refractivity contribution in [3.63, 3.8) is 0 Å². The van der Waals surface area contributed by atoms with Gasteiger partial charge in [-0.25, -0.2) is 4.79 Å². The maximum atomic E-state index is 12.0. The Balaban J connectivity index is 1.98. The fourth-order valence-corrected chi connectivity index (χ4v) is 1.93. The molecule has 0 amide bonds. The van der Waals surface area contributed by atoms with Crippen molar-refractivity contribution >= 4 is 17.9 Å². The lowest BCUT2D eigenvalue weighted by Gasteiger charge is -2.17. The zero-order chi connectivity index (χ0) is 14.7. The van der Waals surface area contributed by atoms with Crippen LogP contribution in [-0.2, 0) is 33.3 Å². The molecule has 0 aromatic rings. The van der Waals surface area contributed by atoms with Crippen molar-refractivity contribution in [3.8, 4) is 0 Å². The molecule has 2 aliphatic heterocycles. The van der Waals surface area contributed by atoms with Crippen molar-refractivity contribution in [2.75, 3.05) is 13.2 Å². The maximum Gasteiger partial charge on any atom is 0.333 e. The number of rotatable bonds is 4. The van der Waals surface area contributed by atoms with Crippen LogP contribution in [0.1, 0.15) is 19.8 Å². The largest absolute Gasteiger partial charge is 0.461 e. The Morgan fingerprint density at radius 3 is 2.70 bits per heavy atom. The minimum absolute atomic E-state index is 0.164. The van der Waals surface area contributed by atoms with E-state index in [0.29, 0.717) is 13.0 Å². The molecule has 110 valence electrons. The first kappa shape index (κ1) is 14.5. The fraction of sp³-hybridized carbons (Fsp3) is 0.615. The molecule has 0 spiro atoms. The van der Waals surface area contributed by atoms with Gasteiger partial charge in [-0.1, -0.05) is 6.58 Å². The van der Waals surface area contributed by atoms with Crippen LogP contribution in [0.25, 0.3) is 0 Å². The lowest BCUT2D eigenvalue weighted by Crippen LogP contribution is -2.36. The summed E-state index contributed by atoms with van der Waals surface area (Å²) in [7, 11) is 0. The standard InChI is InChI=1S/C13H16O7/c1-7(2)11(14)19-8-6-18-12(15)10(8)13(16)20-9-4-3-5-17-9/h8-10H,1,3-6H2,2H3. The van der Waals surface area contributed by atoms with E-state index in [1.807, 2.05) is 0 Å². The van der Waals surface area contributed by atoms with Crippen molar-refractivity contribution in [3.05, 3.63) is 12.2 Å². The Hall–Kier alpha value is -1.89. The summed E-state index contributed by atoms with van der Waals surface area (Å²) in [4.78, 5) is 35.0. The first-order chi connectivity index (χ1) is 9.49. The van der Waals surface area contributed by atoms with Crippen LogP contribution in [0.15, 0.2) is 12.2 Å². The van der Waals surface area contributed by atoms with Gasteiger partial charge in [-0.15, -0.1) is 0 Å². The molecule has 0 radical (unpaired) electrons. The second kappa shape index (κ2) is 6.04. The zero-order valence-corrected chi connectivity index (χ0v) is 11.1. The molecule has 0 aromatic heterocycles. The number of hydrogen-bond donors (Lipinski definition) is 0. The van der Waals surface area contributed by atoms with Gasteiger partial charge in [0.25, 0.3) is 0 Å². The summed E-state index contributed by atoms with van der Waals surface area (Å²) in [6.07, 6.45) is -0.251. The van der Waals surface area contributed by atoms with E-state index in [1.54, 1.807) is 0 Å². The van der Waals surface area contributed by atoms with Gasteiger partial charge in [-0.05, 0) is 13.3 Å². The molecule has 0 N–H and O–H groups in total. The Labute approximate surface area is 115 Å². The van der Waals surface area contributed by atoms with Gasteiger partial charge in [0.2, 0.25) is 6.29 Å². The van der Waals surface area contributed by atoms with Crippen molar-refractivity contribution in [1.82, 2.24) is 0 Å². The fourth-order valence-electron chi connectivity index (χ4n) is 1.93. The van der Waals surface area contributed by atoms with Gasteiger partial charge >= 0.3 is 17.9 Å². The monoisotopic (exact) mass is 284 g/mol. The first-order valence-corrected chi connectivity index (χ1v) is 6.34. The van der Waals surface area contributed by atoms with Crippen molar-refractivity contribution < 1.29 is 33.3 Å². The van der Waals surface area contributed by atoms with Gasteiger partial charge in [-0.3, -0.25) is 9.59 Å². The Bertz CT molecular complexity index is 436. The molecule has 2 aliphatic rings. The summed E-state index contributed by atoms with van der Waals surface area (Å²) in [5, 5.41) is 0. The van der Waals surface area contributed by atoms with Crippen LogP contribution in [0, 0.1) is 5.92 Å². The van der Waals surface area contributed by atoms with Gasteiger partial charge < -0.3 is 18.9 Å². The summed E-state index contributed by atoms with van der Waals surface area (Å²) >= 11 is 0. The van der Waals surface area contributed by atoms with E-state index in [1.165, 1.54) is 6.92 Å². The molecule has 2 heterocycles. The second-order valence-corrected chi connectivity index (χ2v) is 4.71. The molecule has 0 aliphatic carbocycles. The SMILES string of the molecule is C=C(C)C(=O)OC1COC(=O)C1C(=O)OC1CCCO1. The van der Waals surface area contributed by atoms with E-state index in [-0.39, 0.29) is 12.2 Å². The normalized spacial score (nSPS) is 28.9. The van der Waals surface area contributed by atoms with Gasteiger partial charge in [0.05, 0.1) is 6.61 Å². The van der Waals surface area contributed by atoms with Crippen LogP contribution in [-0.4, -0.2) is 43.5 Å². The topological polar surface area (TPSA) is 88.1 Å². The number of esters is 3. The zero-order valence-electron chi connectivity index (χ0n) is 11.1. The van der Waals surface area contributed by atoms with Crippen LogP contribution < -0.4 is 0 Å². The lowest BCUT2D eigenvalue weighted by molar-refractivity contribution is -0.180. The maximum absolute atomic E-state index is 12.0. The average Bonchev–Trinajstić information content (AvgIpc) is 2.99. The Morgan fingerprint density at radius 1 is 1.35 bits per heavy atom. The number of cyclic esters (lactones) is 1. The van der Waals surface area contributed by atoms with Crippen LogP contribution >= 0.6 is 0 Å². The molecule has 3 unspecified atom stereocenters. The highest BCUT2D eigenvalue weighted by Gasteiger charge is 2.47. The molecule has 0 aromatic carbocycles. The Morgan fingerprint density at radius 2 is 2.10 bits per heavy atom. The molecular weight excluding hydrogens is 268 g/mol. The lowest BCUT2D eigenvalue weighted by atomic mass is 10.1. The minimum Gasteiger partial charge on any atom is -0.461 e. The van der Waals surface area contributed by atoms with E-state index in [4.69, 9.17) is 18.9 Å². The van der Waals surface area contributed by atoms with E-state index < -0.39 is 36.2 Å². The van der Waals surface area contributed by atoms with E-state index >= 15 is 0 Å². The summed E-state index contributed by atoms with van der Waals surface area (Å²) in [5.41, 5.74) is 0.176. The van der Waals surface area contributed by atoms with Crippen LogP contribution in [0.3, 0.4) is 0 Å². The predicted octanol–water partition coefficient (Wildman–Crippen LogP) is 0.327. The summed E-state index contributed by atoms with van der Waals surface area (Å²) < 4.78 is 20.0. The quantitative estimate of drug-likeness (QED) is 0.318. The molecule has 7 nitrogen and oxygen atoms in total. The first-order valence-electron chi connectivity index (χ1n) is 6.34. The van der Waals surface area contributed by atoms with Crippen LogP contribution in [0.5, 0.6) is 0 Å². The van der Waals surface area contributed by atoms with Crippen molar-refractivity contribution in [2.24, 2.45) is 5.92 Å². The van der Waals surface area contributed by atoms with Crippen LogP contribution in [0.2, 0.25) is 0 Å².